The fourth-order valence-electron chi connectivity index (χ4n) is 6.37. The van der Waals surface area contributed by atoms with Crippen molar-refractivity contribution in [1.29, 1.82) is 0 Å². The molecule has 0 saturated heterocycles. The number of rotatable bonds is 38. The Hall–Kier alpha value is -1.59. The molecule has 0 fully saturated rings. The van der Waals surface area contributed by atoms with Gasteiger partial charge in [0.1, 0.15) is 13.2 Å². The molecule has 0 radical (unpaired) electrons. The molecule has 0 saturated carbocycles. The molecule has 0 amide bonds. The van der Waals surface area contributed by atoms with E-state index >= 15 is 0 Å². The summed E-state index contributed by atoms with van der Waals surface area (Å²) in [6.07, 6.45) is 33.8. The minimum absolute atomic E-state index is 0.0662. The summed E-state index contributed by atoms with van der Waals surface area (Å²) in [7, 11) is 0. The zero-order valence-corrected chi connectivity index (χ0v) is 34.0. The van der Waals surface area contributed by atoms with Gasteiger partial charge in [-0.2, -0.15) is 0 Å². The molecule has 0 aromatic heterocycles. The molecule has 1 unspecified atom stereocenters. The predicted octanol–water partition coefficient (Wildman–Crippen LogP) is 13.4. The highest BCUT2D eigenvalue weighted by Crippen LogP contribution is 2.17. The molecule has 0 rings (SSSR count). The fraction of sp³-hybridized carbons (Fsp3) is 0.932. The van der Waals surface area contributed by atoms with Crippen molar-refractivity contribution >= 4 is 17.9 Å². The largest absolute Gasteiger partial charge is 0.462 e. The second kappa shape index (κ2) is 37.2. The Labute approximate surface area is 310 Å². The Kier molecular flexibility index (Phi) is 36.0. The molecule has 2 atom stereocenters. The molecule has 0 spiro atoms. The van der Waals surface area contributed by atoms with Crippen molar-refractivity contribution in [3.63, 3.8) is 0 Å². The summed E-state index contributed by atoms with van der Waals surface area (Å²) in [4.78, 5) is 37.5. The minimum Gasteiger partial charge on any atom is -0.462 e. The molecule has 6 nitrogen and oxygen atoms in total. The van der Waals surface area contributed by atoms with Crippen molar-refractivity contribution in [2.75, 3.05) is 13.2 Å². The third kappa shape index (κ3) is 36.2. The van der Waals surface area contributed by atoms with Gasteiger partial charge in [0.05, 0.1) is 0 Å². The van der Waals surface area contributed by atoms with Crippen LogP contribution in [0.2, 0.25) is 0 Å². The van der Waals surface area contributed by atoms with Gasteiger partial charge in [-0.25, -0.2) is 0 Å². The Bertz CT molecular complexity index is 766. The van der Waals surface area contributed by atoms with Crippen LogP contribution < -0.4 is 0 Å². The summed E-state index contributed by atoms with van der Waals surface area (Å²) in [5.41, 5.74) is 0. The van der Waals surface area contributed by atoms with E-state index in [2.05, 4.69) is 34.6 Å². The Morgan fingerprint density at radius 3 is 1.14 bits per heavy atom. The van der Waals surface area contributed by atoms with Gasteiger partial charge in [-0.1, -0.05) is 195 Å². The SMILES string of the molecule is CCCCCCCCCC(=O)OC[C@H](COC(=O)CCCCCCCCCCC(C)C)OC(=O)CCCCCCCCCCCCC(C)CC. The summed E-state index contributed by atoms with van der Waals surface area (Å²) in [5, 5.41) is 0. The predicted molar refractivity (Wildman–Crippen MR) is 210 cm³/mol. The number of ether oxygens (including phenoxy) is 3. The maximum absolute atomic E-state index is 12.7. The van der Waals surface area contributed by atoms with Gasteiger partial charge in [0.2, 0.25) is 0 Å². The van der Waals surface area contributed by atoms with Crippen LogP contribution in [0.5, 0.6) is 0 Å². The lowest BCUT2D eigenvalue weighted by molar-refractivity contribution is -0.167. The molecule has 0 aliphatic carbocycles. The van der Waals surface area contributed by atoms with Gasteiger partial charge < -0.3 is 14.2 Å². The van der Waals surface area contributed by atoms with Gasteiger partial charge in [0, 0.05) is 19.3 Å². The lowest BCUT2D eigenvalue weighted by atomic mass is 9.99. The van der Waals surface area contributed by atoms with Crippen LogP contribution in [-0.4, -0.2) is 37.2 Å². The van der Waals surface area contributed by atoms with Gasteiger partial charge in [0.15, 0.2) is 6.10 Å². The smallest absolute Gasteiger partial charge is 0.306 e. The van der Waals surface area contributed by atoms with Crippen LogP contribution in [0.4, 0.5) is 0 Å². The topological polar surface area (TPSA) is 78.9 Å². The Balaban J connectivity index is 4.30. The number of esters is 3. The Morgan fingerprint density at radius 2 is 0.760 bits per heavy atom. The first-order valence-electron chi connectivity index (χ1n) is 21.8. The van der Waals surface area contributed by atoms with E-state index in [1.165, 1.54) is 122 Å². The van der Waals surface area contributed by atoms with Gasteiger partial charge >= 0.3 is 17.9 Å². The summed E-state index contributed by atoms with van der Waals surface area (Å²) < 4.78 is 16.6. The van der Waals surface area contributed by atoms with E-state index in [-0.39, 0.29) is 31.1 Å². The first-order chi connectivity index (χ1) is 24.3. The maximum atomic E-state index is 12.7. The van der Waals surface area contributed by atoms with Crippen molar-refractivity contribution in [3.8, 4) is 0 Å². The number of carbonyl (C=O) groups is 3. The second-order valence-corrected chi connectivity index (χ2v) is 15.7. The van der Waals surface area contributed by atoms with E-state index in [0.29, 0.717) is 19.3 Å². The first kappa shape index (κ1) is 48.4. The lowest BCUT2D eigenvalue weighted by Gasteiger charge is -2.18. The molecular formula is C44H84O6. The van der Waals surface area contributed by atoms with Gasteiger partial charge in [-0.3, -0.25) is 14.4 Å². The average Bonchev–Trinajstić information content (AvgIpc) is 3.09. The van der Waals surface area contributed by atoms with Crippen LogP contribution in [0.25, 0.3) is 0 Å². The zero-order chi connectivity index (χ0) is 36.9. The molecule has 296 valence electrons. The van der Waals surface area contributed by atoms with Crippen molar-refractivity contribution < 1.29 is 28.6 Å². The molecule has 50 heavy (non-hydrogen) atoms. The maximum Gasteiger partial charge on any atom is 0.306 e. The molecule has 0 aliphatic heterocycles. The molecule has 0 aromatic carbocycles. The van der Waals surface area contributed by atoms with E-state index in [9.17, 15) is 14.4 Å². The number of hydrogen-bond acceptors (Lipinski definition) is 6. The van der Waals surface area contributed by atoms with Crippen LogP contribution in [0, 0.1) is 11.8 Å². The van der Waals surface area contributed by atoms with Crippen molar-refractivity contribution in [2.24, 2.45) is 11.8 Å². The number of hydrogen-bond donors (Lipinski definition) is 0. The molecule has 0 heterocycles. The van der Waals surface area contributed by atoms with Crippen molar-refractivity contribution in [3.05, 3.63) is 0 Å². The highest BCUT2D eigenvalue weighted by Gasteiger charge is 2.19. The third-order valence-electron chi connectivity index (χ3n) is 10.1. The van der Waals surface area contributed by atoms with E-state index < -0.39 is 6.10 Å². The van der Waals surface area contributed by atoms with Crippen molar-refractivity contribution in [1.82, 2.24) is 0 Å². The highest BCUT2D eigenvalue weighted by molar-refractivity contribution is 5.71. The molecule has 0 bridgehead atoms. The number of carbonyl (C=O) groups excluding carboxylic acids is 3. The Morgan fingerprint density at radius 1 is 0.420 bits per heavy atom. The molecular weight excluding hydrogens is 624 g/mol. The van der Waals surface area contributed by atoms with Crippen LogP contribution in [-0.2, 0) is 28.6 Å². The highest BCUT2D eigenvalue weighted by atomic mass is 16.6. The van der Waals surface area contributed by atoms with Crippen LogP contribution >= 0.6 is 0 Å². The first-order valence-corrected chi connectivity index (χ1v) is 21.8. The molecule has 0 aromatic rings. The standard InChI is InChI=1S/C44H84O6/c1-6-8-9-10-17-24-29-34-42(45)48-37-41(38-49-43(46)35-30-25-20-16-15-18-22-27-32-39(3)4)50-44(47)36-31-26-21-14-12-11-13-19-23-28-33-40(5)7-2/h39-41H,6-38H2,1-5H3/t40?,41-/m1/s1. The quantitative estimate of drug-likeness (QED) is 0.0361. The third-order valence-corrected chi connectivity index (χ3v) is 10.1. The normalized spacial score (nSPS) is 12.6. The van der Waals surface area contributed by atoms with Crippen LogP contribution in [0.3, 0.4) is 0 Å². The van der Waals surface area contributed by atoms with E-state index in [1.54, 1.807) is 0 Å². The average molecular weight is 709 g/mol. The van der Waals surface area contributed by atoms with Gasteiger partial charge in [-0.15, -0.1) is 0 Å². The lowest BCUT2D eigenvalue weighted by Crippen LogP contribution is -2.30. The minimum atomic E-state index is -0.759. The number of unbranched alkanes of at least 4 members (excludes halogenated alkanes) is 22. The van der Waals surface area contributed by atoms with Crippen LogP contribution in [0.15, 0.2) is 0 Å². The molecule has 6 heteroatoms. The second-order valence-electron chi connectivity index (χ2n) is 15.7. The summed E-state index contributed by atoms with van der Waals surface area (Å²) in [6.45, 7) is 11.3. The van der Waals surface area contributed by atoms with E-state index in [1.807, 2.05) is 0 Å². The van der Waals surface area contributed by atoms with E-state index in [0.717, 1.165) is 69.6 Å². The van der Waals surface area contributed by atoms with Crippen molar-refractivity contribution in [2.45, 2.75) is 240 Å². The molecule has 0 aliphatic rings. The summed E-state index contributed by atoms with van der Waals surface area (Å²) in [6, 6.07) is 0. The van der Waals surface area contributed by atoms with E-state index in [4.69, 9.17) is 14.2 Å². The molecule has 0 N–H and O–H groups in total. The fourth-order valence-corrected chi connectivity index (χ4v) is 6.37. The van der Waals surface area contributed by atoms with Gasteiger partial charge in [-0.05, 0) is 31.1 Å². The summed E-state index contributed by atoms with van der Waals surface area (Å²) in [5.74, 6) is 0.796. The summed E-state index contributed by atoms with van der Waals surface area (Å²) >= 11 is 0. The van der Waals surface area contributed by atoms with Crippen LogP contribution in [0.1, 0.15) is 234 Å². The monoisotopic (exact) mass is 709 g/mol. The zero-order valence-electron chi connectivity index (χ0n) is 34.0. The van der Waals surface area contributed by atoms with Gasteiger partial charge in [0.25, 0.3) is 0 Å².